The fraction of sp³-hybridized carbons (Fsp3) is 0.0952. The summed E-state index contributed by atoms with van der Waals surface area (Å²) in [5, 5.41) is 2.26. The maximum absolute atomic E-state index is 12.4. The van der Waals surface area contributed by atoms with Crippen LogP contribution in [0.4, 0.5) is 0 Å². The first kappa shape index (κ1) is 15.0. The number of fused-ring (bicyclic) bond motifs is 1. The summed E-state index contributed by atoms with van der Waals surface area (Å²) in [4.78, 5) is 12.4. The standard InChI is InChI=1S/C21H18O2/c1-2-23-21(22)20(14-16-8-4-3-5-9-16)19-13-12-17-10-6-7-11-18(17)15-19/h3-15H,2H2,1H3/b20-14-. The Morgan fingerprint density at radius 2 is 1.61 bits per heavy atom. The third kappa shape index (κ3) is 3.49. The predicted octanol–water partition coefficient (Wildman–Crippen LogP) is 4.94. The first-order chi connectivity index (χ1) is 11.3. The van der Waals surface area contributed by atoms with Gasteiger partial charge in [0.05, 0.1) is 12.2 Å². The Labute approximate surface area is 136 Å². The lowest BCUT2D eigenvalue weighted by Gasteiger charge is -2.09. The largest absolute Gasteiger partial charge is 0.462 e. The molecule has 2 nitrogen and oxygen atoms in total. The zero-order valence-corrected chi connectivity index (χ0v) is 13.0. The Morgan fingerprint density at radius 3 is 2.35 bits per heavy atom. The summed E-state index contributed by atoms with van der Waals surface area (Å²) in [6, 6.07) is 23.9. The lowest BCUT2D eigenvalue weighted by Crippen LogP contribution is -2.06. The number of benzene rings is 3. The van der Waals surface area contributed by atoms with Crippen LogP contribution >= 0.6 is 0 Å². The van der Waals surface area contributed by atoms with Crippen LogP contribution in [0.1, 0.15) is 18.1 Å². The number of carbonyl (C=O) groups excluding carboxylic acids is 1. The highest BCUT2D eigenvalue weighted by Crippen LogP contribution is 2.24. The van der Waals surface area contributed by atoms with Crippen molar-refractivity contribution in [2.24, 2.45) is 0 Å². The highest BCUT2D eigenvalue weighted by atomic mass is 16.5. The SMILES string of the molecule is CCOC(=O)/C(=C\c1ccccc1)c1ccc2ccccc2c1. The summed E-state index contributed by atoms with van der Waals surface area (Å²) < 4.78 is 5.24. The van der Waals surface area contributed by atoms with Gasteiger partial charge in [-0.3, -0.25) is 0 Å². The minimum atomic E-state index is -0.299. The van der Waals surface area contributed by atoms with Gasteiger partial charge in [0.15, 0.2) is 0 Å². The summed E-state index contributed by atoms with van der Waals surface area (Å²) in [5.74, 6) is -0.299. The van der Waals surface area contributed by atoms with Gasteiger partial charge < -0.3 is 4.74 Å². The third-order valence-electron chi connectivity index (χ3n) is 3.67. The molecule has 0 saturated carbocycles. The molecule has 0 N–H and O–H groups in total. The van der Waals surface area contributed by atoms with Crippen LogP contribution < -0.4 is 0 Å². The van der Waals surface area contributed by atoms with Crippen molar-refractivity contribution in [3.05, 3.63) is 83.9 Å². The van der Waals surface area contributed by atoms with Crippen LogP contribution in [-0.2, 0) is 9.53 Å². The molecular weight excluding hydrogens is 284 g/mol. The van der Waals surface area contributed by atoms with Gasteiger partial charge in [0.1, 0.15) is 0 Å². The Balaban J connectivity index is 2.09. The molecule has 0 atom stereocenters. The molecule has 2 heteroatoms. The van der Waals surface area contributed by atoms with E-state index in [-0.39, 0.29) is 5.97 Å². The molecule has 114 valence electrons. The summed E-state index contributed by atoms with van der Waals surface area (Å²) >= 11 is 0. The molecule has 3 aromatic carbocycles. The van der Waals surface area contributed by atoms with E-state index in [9.17, 15) is 4.79 Å². The second kappa shape index (κ2) is 6.93. The van der Waals surface area contributed by atoms with Gasteiger partial charge in [-0.15, -0.1) is 0 Å². The molecule has 0 unspecified atom stereocenters. The van der Waals surface area contributed by atoms with Gasteiger partial charge in [0, 0.05) is 0 Å². The molecule has 0 heterocycles. The van der Waals surface area contributed by atoms with Gasteiger partial charge in [0.2, 0.25) is 0 Å². The van der Waals surface area contributed by atoms with E-state index in [1.54, 1.807) is 0 Å². The quantitative estimate of drug-likeness (QED) is 0.387. The molecule has 0 aromatic heterocycles. The zero-order chi connectivity index (χ0) is 16.1. The maximum atomic E-state index is 12.4. The van der Waals surface area contributed by atoms with Crippen LogP contribution in [-0.4, -0.2) is 12.6 Å². The van der Waals surface area contributed by atoms with E-state index in [1.807, 2.05) is 79.7 Å². The third-order valence-corrected chi connectivity index (χ3v) is 3.67. The van der Waals surface area contributed by atoms with Crippen LogP contribution in [0.5, 0.6) is 0 Å². The fourth-order valence-corrected chi connectivity index (χ4v) is 2.54. The molecule has 0 fully saturated rings. The Morgan fingerprint density at radius 1 is 0.913 bits per heavy atom. The van der Waals surface area contributed by atoms with E-state index in [0.717, 1.165) is 21.9 Å². The van der Waals surface area contributed by atoms with Crippen molar-refractivity contribution in [2.45, 2.75) is 6.92 Å². The lowest BCUT2D eigenvalue weighted by atomic mass is 9.99. The van der Waals surface area contributed by atoms with Gasteiger partial charge in [0.25, 0.3) is 0 Å². The van der Waals surface area contributed by atoms with Crippen molar-refractivity contribution in [3.63, 3.8) is 0 Å². The summed E-state index contributed by atoms with van der Waals surface area (Å²) in [5.41, 5.74) is 2.42. The molecule has 23 heavy (non-hydrogen) atoms. The molecular formula is C21H18O2. The highest BCUT2D eigenvalue weighted by molar-refractivity contribution is 6.22. The van der Waals surface area contributed by atoms with Crippen LogP contribution in [0, 0.1) is 0 Å². The molecule has 0 spiro atoms. The van der Waals surface area contributed by atoms with Crippen molar-refractivity contribution >= 4 is 28.4 Å². The Bertz CT molecular complexity index is 848. The normalized spacial score (nSPS) is 11.4. The molecule has 0 aliphatic heterocycles. The number of hydrogen-bond donors (Lipinski definition) is 0. The number of carbonyl (C=O) groups is 1. The Hall–Kier alpha value is -2.87. The average molecular weight is 302 g/mol. The van der Waals surface area contributed by atoms with Gasteiger partial charge >= 0.3 is 5.97 Å². The van der Waals surface area contributed by atoms with Gasteiger partial charge in [-0.1, -0.05) is 66.7 Å². The summed E-state index contributed by atoms with van der Waals surface area (Å²) in [6.45, 7) is 2.18. The summed E-state index contributed by atoms with van der Waals surface area (Å²) in [6.07, 6.45) is 1.88. The second-order valence-electron chi connectivity index (χ2n) is 5.25. The molecule has 3 rings (SSSR count). The van der Waals surface area contributed by atoms with Crippen molar-refractivity contribution in [3.8, 4) is 0 Å². The molecule has 0 aliphatic carbocycles. The fourth-order valence-electron chi connectivity index (χ4n) is 2.54. The van der Waals surface area contributed by atoms with E-state index >= 15 is 0 Å². The molecule has 0 saturated heterocycles. The second-order valence-corrected chi connectivity index (χ2v) is 5.25. The van der Waals surface area contributed by atoms with Crippen LogP contribution in [0.3, 0.4) is 0 Å². The predicted molar refractivity (Wildman–Crippen MR) is 94.9 cm³/mol. The van der Waals surface area contributed by atoms with Crippen LogP contribution in [0.15, 0.2) is 72.8 Å². The monoisotopic (exact) mass is 302 g/mol. The molecule has 0 amide bonds. The minimum absolute atomic E-state index is 0.299. The average Bonchev–Trinajstić information content (AvgIpc) is 2.60. The first-order valence-electron chi connectivity index (χ1n) is 7.71. The Kier molecular flexibility index (Phi) is 4.53. The number of ether oxygens (including phenoxy) is 1. The molecule has 3 aromatic rings. The van der Waals surface area contributed by atoms with Crippen molar-refractivity contribution in [2.75, 3.05) is 6.61 Å². The maximum Gasteiger partial charge on any atom is 0.338 e. The van der Waals surface area contributed by atoms with Crippen molar-refractivity contribution in [1.82, 2.24) is 0 Å². The van der Waals surface area contributed by atoms with Gasteiger partial charge in [-0.25, -0.2) is 4.79 Å². The highest BCUT2D eigenvalue weighted by Gasteiger charge is 2.13. The van der Waals surface area contributed by atoms with Crippen LogP contribution in [0.2, 0.25) is 0 Å². The topological polar surface area (TPSA) is 26.3 Å². The first-order valence-corrected chi connectivity index (χ1v) is 7.71. The van der Waals surface area contributed by atoms with E-state index in [2.05, 4.69) is 6.07 Å². The number of esters is 1. The number of rotatable bonds is 4. The van der Waals surface area contributed by atoms with E-state index < -0.39 is 0 Å². The summed E-state index contributed by atoms with van der Waals surface area (Å²) in [7, 11) is 0. The van der Waals surface area contributed by atoms with Crippen molar-refractivity contribution < 1.29 is 9.53 Å². The van der Waals surface area contributed by atoms with E-state index in [0.29, 0.717) is 12.2 Å². The zero-order valence-electron chi connectivity index (χ0n) is 13.0. The number of hydrogen-bond acceptors (Lipinski definition) is 2. The smallest absolute Gasteiger partial charge is 0.338 e. The minimum Gasteiger partial charge on any atom is -0.462 e. The van der Waals surface area contributed by atoms with Gasteiger partial charge in [-0.05, 0) is 41.0 Å². The molecule has 0 bridgehead atoms. The molecule has 0 aliphatic rings. The van der Waals surface area contributed by atoms with Gasteiger partial charge in [-0.2, -0.15) is 0 Å². The molecule has 0 radical (unpaired) electrons. The lowest BCUT2D eigenvalue weighted by molar-refractivity contribution is -0.136. The van der Waals surface area contributed by atoms with Crippen LogP contribution in [0.25, 0.3) is 22.4 Å². The van der Waals surface area contributed by atoms with E-state index in [1.165, 1.54) is 0 Å². The van der Waals surface area contributed by atoms with E-state index in [4.69, 9.17) is 4.74 Å². The van der Waals surface area contributed by atoms with Crippen molar-refractivity contribution in [1.29, 1.82) is 0 Å².